The Balaban J connectivity index is 2.78. The van der Waals surface area contributed by atoms with Crippen LogP contribution in [0.5, 0.6) is 17.2 Å². The van der Waals surface area contributed by atoms with Crippen molar-refractivity contribution in [1.29, 1.82) is 0 Å². The van der Waals surface area contributed by atoms with E-state index in [2.05, 4.69) is 20.8 Å². The molecule has 3 heteroatoms. The monoisotopic (exact) mass is 286 g/mol. The summed E-state index contributed by atoms with van der Waals surface area (Å²) in [5.74, 6) is 0.180. The van der Waals surface area contributed by atoms with Crippen LogP contribution in [0.2, 0.25) is 0 Å². The topological polar surface area (TPSA) is 60.7 Å². The van der Waals surface area contributed by atoms with Crippen LogP contribution in [0.15, 0.2) is 24.3 Å². The molecular formula is C18H22O3. The SMILES string of the molecule is CCc1cc(O)c(-c2cc(O)cc(O)c2)c(CC)c1CC. The van der Waals surface area contributed by atoms with E-state index in [9.17, 15) is 15.3 Å². The van der Waals surface area contributed by atoms with E-state index in [1.807, 2.05) is 0 Å². The number of benzene rings is 2. The fraction of sp³-hybridized carbons (Fsp3) is 0.333. The summed E-state index contributed by atoms with van der Waals surface area (Å²) >= 11 is 0. The first kappa shape index (κ1) is 15.2. The third-order valence-electron chi connectivity index (χ3n) is 3.90. The molecule has 0 heterocycles. The normalized spacial score (nSPS) is 10.8. The molecular weight excluding hydrogens is 264 g/mol. The maximum atomic E-state index is 10.4. The minimum absolute atomic E-state index is 0.0101. The van der Waals surface area contributed by atoms with E-state index in [0.29, 0.717) is 11.1 Å². The average Bonchev–Trinajstić information content (AvgIpc) is 2.44. The van der Waals surface area contributed by atoms with Crippen molar-refractivity contribution >= 4 is 0 Å². The minimum Gasteiger partial charge on any atom is -0.508 e. The quantitative estimate of drug-likeness (QED) is 0.791. The lowest BCUT2D eigenvalue weighted by Gasteiger charge is -2.19. The first-order chi connectivity index (χ1) is 10.0. The van der Waals surface area contributed by atoms with E-state index in [1.165, 1.54) is 11.6 Å². The van der Waals surface area contributed by atoms with Gasteiger partial charge in [0.05, 0.1) is 0 Å². The van der Waals surface area contributed by atoms with Crippen molar-refractivity contribution in [1.82, 2.24) is 0 Å². The molecule has 2 rings (SSSR count). The van der Waals surface area contributed by atoms with Gasteiger partial charge < -0.3 is 15.3 Å². The van der Waals surface area contributed by atoms with Crippen molar-refractivity contribution < 1.29 is 15.3 Å². The molecule has 0 atom stereocenters. The van der Waals surface area contributed by atoms with Crippen LogP contribution in [0.3, 0.4) is 0 Å². The molecule has 0 aliphatic carbocycles. The van der Waals surface area contributed by atoms with Crippen molar-refractivity contribution in [2.45, 2.75) is 40.0 Å². The Kier molecular flexibility index (Phi) is 4.41. The van der Waals surface area contributed by atoms with Crippen LogP contribution >= 0.6 is 0 Å². The summed E-state index contributed by atoms with van der Waals surface area (Å²) in [4.78, 5) is 0. The Morgan fingerprint density at radius 1 is 0.714 bits per heavy atom. The highest BCUT2D eigenvalue weighted by atomic mass is 16.3. The molecule has 3 nitrogen and oxygen atoms in total. The zero-order chi connectivity index (χ0) is 15.6. The Labute approximate surface area is 125 Å². The summed E-state index contributed by atoms with van der Waals surface area (Å²) in [5, 5.41) is 29.8. The Morgan fingerprint density at radius 3 is 1.76 bits per heavy atom. The van der Waals surface area contributed by atoms with Gasteiger partial charge in [-0.3, -0.25) is 0 Å². The summed E-state index contributed by atoms with van der Waals surface area (Å²) in [6.07, 6.45) is 2.55. The molecule has 0 radical (unpaired) electrons. The Hall–Kier alpha value is -2.16. The predicted octanol–water partition coefficient (Wildman–Crippen LogP) is 4.16. The van der Waals surface area contributed by atoms with Crippen LogP contribution in [0.4, 0.5) is 0 Å². The predicted molar refractivity (Wildman–Crippen MR) is 85.0 cm³/mol. The van der Waals surface area contributed by atoms with Gasteiger partial charge in [-0.05, 0) is 59.7 Å². The molecule has 0 unspecified atom stereocenters. The van der Waals surface area contributed by atoms with E-state index in [0.717, 1.165) is 30.4 Å². The van der Waals surface area contributed by atoms with E-state index in [1.54, 1.807) is 18.2 Å². The van der Waals surface area contributed by atoms with Crippen molar-refractivity contribution in [2.75, 3.05) is 0 Å². The van der Waals surface area contributed by atoms with Crippen LogP contribution in [-0.4, -0.2) is 15.3 Å². The highest BCUT2D eigenvalue weighted by Crippen LogP contribution is 2.40. The third-order valence-corrected chi connectivity index (χ3v) is 3.90. The van der Waals surface area contributed by atoms with Gasteiger partial charge in [-0.2, -0.15) is 0 Å². The van der Waals surface area contributed by atoms with E-state index in [-0.39, 0.29) is 17.2 Å². The van der Waals surface area contributed by atoms with Gasteiger partial charge in [-0.25, -0.2) is 0 Å². The van der Waals surface area contributed by atoms with Crippen molar-refractivity contribution in [3.63, 3.8) is 0 Å². The summed E-state index contributed by atoms with van der Waals surface area (Å²) in [6, 6.07) is 6.22. The van der Waals surface area contributed by atoms with E-state index in [4.69, 9.17) is 0 Å². The number of aryl methyl sites for hydroxylation is 1. The van der Waals surface area contributed by atoms with Gasteiger partial charge in [-0.15, -0.1) is 0 Å². The lowest BCUT2D eigenvalue weighted by Crippen LogP contribution is -2.01. The number of hydrogen-bond acceptors (Lipinski definition) is 3. The minimum atomic E-state index is -0.0101. The van der Waals surface area contributed by atoms with Crippen LogP contribution < -0.4 is 0 Å². The van der Waals surface area contributed by atoms with Gasteiger partial charge in [0.2, 0.25) is 0 Å². The van der Waals surface area contributed by atoms with Crippen molar-refractivity contribution in [3.8, 4) is 28.4 Å². The van der Waals surface area contributed by atoms with Crippen LogP contribution in [0.1, 0.15) is 37.5 Å². The maximum Gasteiger partial charge on any atom is 0.123 e. The van der Waals surface area contributed by atoms with Gasteiger partial charge in [0, 0.05) is 11.6 Å². The molecule has 0 saturated heterocycles. The molecule has 0 fully saturated rings. The molecule has 2 aromatic rings. The molecule has 0 amide bonds. The average molecular weight is 286 g/mol. The lowest BCUT2D eigenvalue weighted by atomic mass is 9.87. The van der Waals surface area contributed by atoms with Crippen molar-refractivity contribution in [3.05, 3.63) is 41.0 Å². The Bertz CT molecular complexity index is 640. The molecule has 0 bridgehead atoms. The molecule has 2 aromatic carbocycles. The molecule has 0 aliphatic rings. The van der Waals surface area contributed by atoms with Gasteiger partial charge in [0.25, 0.3) is 0 Å². The highest BCUT2D eigenvalue weighted by molar-refractivity contribution is 5.78. The van der Waals surface area contributed by atoms with Crippen LogP contribution in [0, 0.1) is 0 Å². The number of aromatic hydroxyl groups is 3. The molecule has 0 aromatic heterocycles. The van der Waals surface area contributed by atoms with Crippen LogP contribution in [-0.2, 0) is 19.3 Å². The fourth-order valence-electron chi connectivity index (χ4n) is 3.03. The van der Waals surface area contributed by atoms with E-state index >= 15 is 0 Å². The summed E-state index contributed by atoms with van der Waals surface area (Å²) in [6.45, 7) is 6.24. The largest absolute Gasteiger partial charge is 0.508 e. The second kappa shape index (κ2) is 6.08. The number of phenolic OH excluding ortho intramolecular Hbond substituents is 3. The molecule has 3 N–H and O–H groups in total. The summed E-state index contributed by atoms with van der Waals surface area (Å²) in [5.41, 5.74) is 4.83. The lowest BCUT2D eigenvalue weighted by molar-refractivity contribution is 0.451. The fourth-order valence-corrected chi connectivity index (χ4v) is 3.03. The first-order valence-electron chi connectivity index (χ1n) is 7.41. The zero-order valence-electron chi connectivity index (χ0n) is 12.8. The number of hydrogen-bond donors (Lipinski definition) is 3. The third kappa shape index (κ3) is 2.82. The summed E-state index contributed by atoms with van der Waals surface area (Å²) in [7, 11) is 0. The highest BCUT2D eigenvalue weighted by Gasteiger charge is 2.17. The summed E-state index contributed by atoms with van der Waals surface area (Å²) < 4.78 is 0. The number of rotatable bonds is 4. The van der Waals surface area contributed by atoms with Crippen LogP contribution in [0.25, 0.3) is 11.1 Å². The molecule has 112 valence electrons. The molecule has 0 spiro atoms. The van der Waals surface area contributed by atoms with Gasteiger partial charge in [0.1, 0.15) is 17.2 Å². The Morgan fingerprint density at radius 2 is 1.29 bits per heavy atom. The zero-order valence-corrected chi connectivity index (χ0v) is 12.8. The van der Waals surface area contributed by atoms with Gasteiger partial charge >= 0.3 is 0 Å². The van der Waals surface area contributed by atoms with Crippen molar-refractivity contribution in [2.24, 2.45) is 0 Å². The second-order valence-electron chi connectivity index (χ2n) is 5.19. The standard InChI is InChI=1S/C18H22O3/c1-4-11-9-17(21)18(16(6-3)15(11)5-2)12-7-13(19)10-14(20)8-12/h7-10,19-21H,4-6H2,1-3H3. The molecule has 21 heavy (non-hydrogen) atoms. The maximum absolute atomic E-state index is 10.4. The van der Waals surface area contributed by atoms with Gasteiger partial charge in [-0.1, -0.05) is 20.8 Å². The van der Waals surface area contributed by atoms with Gasteiger partial charge in [0.15, 0.2) is 0 Å². The first-order valence-corrected chi connectivity index (χ1v) is 7.41. The number of phenols is 3. The smallest absolute Gasteiger partial charge is 0.123 e. The van der Waals surface area contributed by atoms with E-state index < -0.39 is 0 Å². The molecule has 0 aliphatic heterocycles. The second-order valence-corrected chi connectivity index (χ2v) is 5.19. The molecule has 0 saturated carbocycles.